The van der Waals surface area contributed by atoms with E-state index in [1.807, 2.05) is 6.92 Å². The van der Waals surface area contributed by atoms with Crippen LogP contribution in [0.15, 0.2) is 0 Å². The molecule has 1 heterocycles. The molecule has 0 amide bonds. The Kier molecular flexibility index (Phi) is 4.28. The summed E-state index contributed by atoms with van der Waals surface area (Å²) in [6.07, 6.45) is 7.60. The second kappa shape index (κ2) is 5.57. The largest absolute Gasteiger partial charge is 0.480 e. The Hall–Kier alpha value is -0.610. The number of methoxy groups -OCH3 is 1. The first-order valence-corrected chi connectivity index (χ1v) is 7.11. The van der Waals surface area contributed by atoms with Crippen molar-refractivity contribution in [3.8, 4) is 0 Å². The second-order valence-corrected chi connectivity index (χ2v) is 5.91. The van der Waals surface area contributed by atoms with E-state index in [1.54, 1.807) is 7.11 Å². The molecule has 4 heteroatoms. The van der Waals surface area contributed by atoms with E-state index in [2.05, 4.69) is 4.90 Å². The van der Waals surface area contributed by atoms with Gasteiger partial charge in [-0.3, -0.25) is 9.69 Å². The molecular weight excluding hydrogens is 230 g/mol. The highest BCUT2D eigenvalue weighted by Gasteiger charge is 2.45. The number of likely N-dealkylation sites (tertiary alicyclic amines) is 1. The summed E-state index contributed by atoms with van der Waals surface area (Å²) in [4.78, 5) is 13.8. The van der Waals surface area contributed by atoms with Crippen LogP contribution in [0, 0.1) is 0 Å². The van der Waals surface area contributed by atoms with Crippen molar-refractivity contribution in [2.75, 3.05) is 13.7 Å². The molecule has 1 saturated carbocycles. The molecule has 0 aromatic carbocycles. The van der Waals surface area contributed by atoms with Gasteiger partial charge in [0.1, 0.15) is 5.54 Å². The summed E-state index contributed by atoms with van der Waals surface area (Å²) in [5.41, 5.74) is -0.668. The Balaban J connectivity index is 2.11. The van der Waals surface area contributed by atoms with Gasteiger partial charge in [-0.05, 0) is 58.4 Å². The van der Waals surface area contributed by atoms with Gasteiger partial charge in [0, 0.05) is 13.2 Å². The van der Waals surface area contributed by atoms with E-state index in [0.29, 0.717) is 12.1 Å². The molecule has 1 aliphatic carbocycles. The summed E-state index contributed by atoms with van der Waals surface area (Å²) in [6, 6.07) is 0.380. The van der Waals surface area contributed by atoms with Gasteiger partial charge in [0.2, 0.25) is 0 Å². The highest BCUT2D eigenvalue weighted by atomic mass is 16.5. The fourth-order valence-electron chi connectivity index (χ4n) is 3.57. The number of hydrogen-bond donors (Lipinski definition) is 1. The van der Waals surface area contributed by atoms with Crippen molar-refractivity contribution in [2.45, 2.75) is 69.6 Å². The first kappa shape index (κ1) is 13.8. The van der Waals surface area contributed by atoms with Crippen LogP contribution in [-0.2, 0) is 9.53 Å². The number of piperidine rings is 1. The molecule has 104 valence electrons. The number of nitrogens with zero attached hydrogens (tertiary/aromatic N) is 1. The third-order valence-electron chi connectivity index (χ3n) is 4.78. The van der Waals surface area contributed by atoms with E-state index >= 15 is 0 Å². The molecule has 0 spiro atoms. The van der Waals surface area contributed by atoms with Crippen LogP contribution in [0.3, 0.4) is 0 Å². The normalized spacial score (nSPS) is 38.6. The molecule has 1 aliphatic heterocycles. The Morgan fingerprint density at radius 3 is 2.78 bits per heavy atom. The van der Waals surface area contributed by atoms with Crippen LogP contribution in [0.5, 0.6) is 0 Å². The van der Waals surface area contributed by atoms with Crippen LogP contribution >= 0.6 is 0 Å². The Bertz CT molecular complexity index is 307. The molecule has 3 atom stereocenters. The van der Waals surface area contributed by atoms with E-state index in [4.69, 9.17) is 4.74 Å². The maximum atomic E-state index is 11.6. The Morgan fingerprint density at radius 2 is 2.11 bits per heavy atom. The Morgan fingerprint density at radius 1 is 1.33 bits per heavy atom. The SMILES string of the molecule is COC1CCCC(N2CCCCC2(C)C(=O)O)C1. The molecule has 0 radical (unpaired) electrons. The molecule has 2 rings (SSSR count). The molecule has 18 heavy (non-hydrogen) atoms. The zero-order valence-electron chi connectivity index (χ0n) is 11.5. The minimum absolute atomic E-state index is 0.309. The predicted molar refractivity (Wildman–Crippen MR) is 69.7 cm³/mol. The van der Waals surface area contributed by atoms with E-state index < -0.39 is 11.5 Å². The number of rotatable bonds is 3. The lowest BCUT2D eigenvalue weighted by Gasteiger charge is -2.48. The van der Waals surface area contributed by atoms with Crippen LogP contribution in [0.4, 0.5) is 0 Å². The van der Waals surface area contributed by atoms with Crippen LogP contribution in [-0.4, -0.2) is 47.3 Å². The predicted octanol–water partition coefficient (Wildman–Crippen LogP) is 2.27. The lowest BCUT2D eigenvalue weighted by atomic mass is 9.82. The number of ether oxygens (including phenoxy) is 1. The van der Waals surface area contributed by atoms with Gasteiger partial charge in [0.15, 0.2) is 0 Å². The smallest absolute Gasteiger partial charge is 0.323 e. The van der Waals surface area contributed by atoms with Crippen LogP contribution < -0.4 is 0 Å². The zero-order valence-corrected chi connectivity index (χ0v) is 11.5. The third kappa shape index (κ3) is 2.54. The zero-order chi connectivity index (χ0) is 13.2. The molecule has 1 saturated heterocycles. The van der Waals surface area contributed by atoms with Crippen LogP contribution in [0.25, 0.3) is 0 Å². The van der Waals surface area contributed by atoms with Crippen molar-refractivity contribution >= 4 is 5.97 Å². The molecule has 0 aromatic rings. The summed E-state index contributed by atoms with van der Waals surface area (Å²) in [7, 11) is 1.76. The number of carboxylic acid groups (broad SMARTS) is 1. The summed E-state index contributed by atoms with van der Waals surface area (Å²) >= 11 is 0. The van der Waals surface area contributed by atoms with Crippen LogP contribution in [0.2, 0.25) is 0 Å². The minimum atomic E-state index is -0.668. The number of carboxylic acids is 1. The van der Waals surface area contributed by atoms with Gasteiger partial charge >= 0.3 is 5.97 Å². The second-order valence-electron chi connectivity index (χ2n) is 5.91. The summed E-state index contributed by atoms with van der Waals surface area (Å²) in [5, 5.41) is 9.55. The molecule has 0 aromatic heterocycles. The van der Waals surface area contributed by atoms with Gasteiger partial charge in [-0.15, -0.1) is 0 Å². The highest BCUT2D eigenvalue weighted by molar-refractivity contribution is 5.78. The van der Waals surface area contributed by atoms with Crippen molar-refractivity contribution < 1.29 is 14.6 Å². The molecule has 0 bridgehead atoms. The van der Waals surface area contributed by atoms with Gasteiger partial charge in [0.05, 0.1) is 6.10 Å². The van der Waals surface area contributed by atoms with E-state index in [1.165, 1.54) is 0 Å². The third-order valence-corrected chi connectivity index (χ3v) is 4.78. The average molecular weight is 255 g/mol. The van der Waals surface area contributed by atoms with E-state index in [0.717, 1.165) is 51.5 Å². The van der Waals surface area contributed by atoms with Crippen LogP contribution in [0.1, 0.15) is 51.9 Å². The topological polar surface area (TPSA) is 49.8 Å². The Labute approximate surface area is 109 Å². The van der Waals surface area contributed by atoms with Gasteiger partial charge in [-0.25, -0.2) is 0 Å². The molecule has 2 aliphatic rings. The summed E-state index contributed by atoms with van der Waals surface area (Å²) < 4.78 is 5.47. The van der Waals surface area contributed by atoms with Crippen molar-refractivity contribution in [1.29, 1.82) is 0 Å². The first-order chi connectivity index (χ1) is 8.58. The lowest BCUT2D eigenvalue weighted by Crippen LogP contribution is -2.60. The number of aliphatic carboxylic acids is 1. The quantitative estimate of drug-likeness (QED) is 0.840. The number of hydrogen-bond acceptors (Lipinski definition) is 3. The van der Waals surface area contributed by atoms with Crippen molar-refractivity contribution in [2.24, 2.45) is 0 Å². The van der Waals surface area contributed by atoms with Gasteiger partial charge in [0.25, 0.3) is 0 Å². The van der Waals surface area contributed by atoms with Crippen molar-refractivity contribution in [3.05, 3.63) is 0 Å². The monoisotopic (exact) mass is 255 g/mol. The van der Waals surface area contributed by atoms with E-state index in [9.17, 15) is 9.90 Å². The first-order valence-electron chi connectivity index (χ1n) is 7.11. The molecular formula is C14H25NO3. The lowest BCUT2D eigenvalue weighted by molar-refractivity contribution is -0.156. The molecule has 4 nitrogen and oxygen atoms in total. The molecule has 3 unspecified atom stereocenters. The minimum Gasteiger partial charge on any atom is -0.480 e. The molecule has 1 N–H and O–H groups in total. The standard InChI is InChI=1S/C14H25NO3/c1-14(13(16)17)8-3-4-9-15(14)11-6-5-7-12(10-11)18-2/h11-12H,3-10H2,1-2H3,(H,16,17). The van der Waals surface area contributed by atoms with Gasteiger partial charge in [-0.2, -0.15) is 0 Å². The molecule has 2 fully saturated rings. The maximum absolute atomic E-state index is 11.6. The average Bonchev–Trinajstić information content (AvgIpc) is 2.39. The van der Waals surface area contributed by atoms with Gasteiger partial charge < -0.3 is 9.84 Å². The highest BCUT2D eigenvalue weighted by Crippen LogP contribution is 2.35. The van der Waals surface area contributed by atoms with Crippen molar-refractivity contribution in [3.63, 3.8) is 0 Å². The summed E-state index contributed by atoms with van der Waals surface area (Å²) in [5.74, 6) is -0.665. The van der Waals surface area contributed by atoms with Crippen molar-refractivity contribution in [1.82, 2.24) is 4.90 Å². The van der Waals surface area contributed by atoms with Gasteiger partial charge in [-0.1, -0.05) is 0 Å². The fourth-order valence-corrected chi connectivity index (χ4v) is 3.57. The van der Waals surface area contributed by atoms with E-state index in [-0.39, 0.29) is 0 Å². The summed E-state index contributed by atoms with van der Waals surface area (Å²) in [6.45, 7) is 2.81. The fraction of sp³-hybridized carbons (Fsp3) is 0.929. The number of carbonyl (C=O) groups is 1. The maximum Gasteiger partial charge on any atom is 0.323 e.